The molecular weight excluding hydrogens is 236 g/mol. The molecule has 18 heavy (non-hydrogen) atoms. The van der Waals surface area contributed by atoms with Crippen LogP contribution < -0.4 is 14.2 Å². The SMILES string of the molecule is CCOc1nnc(-c2ccc(OC)c(OC)c2)o1. The molecule has 0 spiro atoms. The summed E-state index contributed by atoms with van der Waals surface area (Å²) in [6.45, 7) is 2.33. The van der Waals surface area contributed by atoms with Crippen molar-refractivity contribution in [2.75, 3.05) is 20.8 Å². The standard InChI is InChI=1S/C12H14N2O4/c1-4-17-12-14-13-11(18-12)8-5-6-9(15-2)10(7-8)16-3/h5-7H,4H2,1-3H3. The van der Waals surface area contributed by atoms with Crippen LogP contribution in [0.25, 0.3) is 11.5 Å². The summed E-state index contributed by atoms with van der Waals surface area (Å²) in [5.74, 6) is 1.62. The molecule has 6 heteroatoms. The summed E-state index contributed by atoms with van der Waals surface area (Å²) in [4.78, 5) is 0. The van der Waals surface area contributed by atoms with Crippen molar-refractivity contribution >= 4 is 0 Å². The van der Waals surface area contributed by atoms with Crippen molar-refractivity contribution in [2.45, 2.75) is 6.92 Å². The number of methoxy groups -OCH3 is 2. The fourth-order valence-corrected chi connectivity index (χ4v) is 1.48. The maximum absolute atomic E-state index is 5.34. The molecule has 0 saturated carbocycles. The van der Waals surface area contributed by atoms with Crippen LogP contribution in [0.1, 0.15) is 6.92 Å². The first-order chi connectivity index (χ1) is 8.78. The summed E-state index contributed by atoms with van der Waals surface area (Å²) in [6.07, 6.45) is 0.155. The maximum Gasteiger partial charge on any atom is 0.414 e. The Morgan fingerprint density at radius 1 is 1.11 bits per heavy atom. The third kappa shape index (κ3) is 2.37. The molecule has 0 amide bonds. The van der Waals surface area contributed by atoms with Gasteiger partial charge in [-0.1, -0.05) is 5.10 Å². The van der Waals surface area contributed by atoms with E-state index in [2.05, 4.69) is 10.2 Å². The molecule has 0 N–H and O–H groups in total. The molecule has 0 bridgehead atoms. The highest BCUT2D eigenvalue weighted by atomic mass is 16.6. The Bertz CT molecular complexity index is 525. The van der Waals surface area contributed by atoms with E-state index in [1.54, 1.807) is 26.4 Å². The monoisotopic (exact) mass is 250 g/mol. The van der Waals surface area contributed by atoms with Crippen LogP contribution >= 0.6 is 0 Å². The first-order valence-electron chi connectivity index (χ1n) is 5.47. The molecule has 2 aromatic rings. The van der Waals surface area contributed by atoms with Gasteiger partial charge in [0, 0.05) is 5.56 Å². The van der Waals surface area contributed by atoms with Crippen LogP contribution in [0.2, 0.25) is 0 Å². The molecule has 0 saturated heterocycles. The second-order valence-corrected chi connectivity index (χ2v) is 3.38. The van der Waals surface area contributed by atoms with Crippen molar-refractivity contribution in [1.29, 1.82) is 0 Å². The molecular formula is C12H14N2O4. The minimum absolute atomic E-state index is 0.155. The van der Waals surface area contributed by atoms with Gasteiger partial charge in [0.05, 0.1) is 20.8 Å². The van der Waals surface area contributed by atoms with Crippen molar-refractivity contribution in [3.8, 4) is 29.0 Å². The quantitative estimate of drug-likeness (QED) is 0.810. The van der Waals surface area contributed by atoms with Crippen LogP contribution in [0.15, 0.2) is 22.6 Å². The summed E-state index contributed by atoms with van der Waals surface area (Å²) < 4.78 is 20.8. The fourth-order valence-electron chi connectivity index (χ4n) is 1.48. The van der Waals surface area contributed by atoms with Gasteiger partial charge in [-0.05, 0) is 25.1 Å². The smallest absolute Gasteiger partial charge is 0.414 e. The Hall–Kier alpha value is -2.24. The maximum atomic E-state index is 5.34. The second kappa shape index (κ2) is 5.39. The molecule has 1 aromatic carbocycles. The molecule has 96 valence electrons. The van der Waals surface area contributed by atoms with Crippen LogP contribution in [0, 0.1) is 0 Å². The van der Waals surface area contributed by atoms with E-state index in [0.29, 0.717) is 24.0 Å². The third-order valence-electron chi connectivity index (χ3n) is 2.30. The number of ether oxygens (including phenoxy) is 3. The van der Waals surface area contributed by atoms with Crippen molar-refractivity contribution in [3.63, 3.8) is 0 Å². The first kappa shape index (κ1) is 12.2. The Morgan fingerprint density at radius 3 is 2.56 bits per heavy atom. The first-order valence-corrected chi connectivity index (χ1v) is 5.47. The largest absolute Gasteiger partial charge is 0.493 e. The van der Waals surface area contributed by atoms with Gasteiger partial charge >= 0.3 is 6.08 Å². The van der Waals surface area contributed by atoms with E-state index in [1.165, 1.54) is 0 Å². The van der Waals surface area contributed by atoms with Crippen molar-refractivity contribution in [3.05, 3.63) is 18.2 Å². The predicted molar refractivity (Wildman–Crippen MR) is 64.0 cm³/mol. The average Bonchev–Trinajstić information content (AvgIpc) is 2.87. The molecule has 1 heterocycles. The number of rotatable bonds is 5. The number of hydrogen-bond donors (Lipinski definition) is 0. The van der Waals surface area contributed by atoms with Gasteiger partial charge in [-0.15, -0.1) is 5.10 Å². The molecule has 2 rings (SSSR count). The lowest BCUT2D eigenvalue weighted by molar-refractivity contribution is 0.247. The molecule has 0 aliphatic rings. The number of hydrogen-bond acceptors (Lipinski definition) is 6. The molecule has 0 fully saturated rings. The zero-order chi connectivity index (χ0) is 13.0. The fraction of sp³-hybridized carbons (Fsp3) is 0.333. The normalized spacial score (nSPS) is 10.2. The highest BCUT2D eigenvalue weighted by Gasteiger charge is 2.12. The van der Waals surface area contributed by atoms with Crippen LogP contribution in [-0.2, 0) is 0 Å². The van der Waals surface area contributed by atoms with E-state index >= 15 is 0 Å². The summed E-state index contributed by atoms with van der Waals surface area (Å²) in [5.41, 5.74) is 0.742. The van der Waals surface area contributed by atoms with Gasteiger partial charge in [-0.25, -0.2) is 0 Å². The summed E-state index contributed by atoms with van der Waals surface area (Å²) in [5, 5.41) is 7.67. The van der Waals surface area contributed by atoms with Gasteiger partial charge in [0.25, 0.3) is 5.89 Å². The van der Waals surface area contributed by atoms with Crippen LogP contribution in [-0.4, -0.2) is 31.0 Å². The number of aromatic nitrogens is 2. The minimum atomic E-state index is 0.155. The zero-order valence-electron chi connectivity index (χ0n) is 10.5. The van der Waals surface area contributed by atoms with E-state index in [1.807, 2.05) is 13.0 Å². The Morgan fingerprint density at radius 2 is 1.89 bits per heavy atom. The summed E-state index contributed by atoms with van der Waals surface area (Å²) in [7, 11) is 3.15. The van der Waals surface area contributed by atoms with E-state index in [9.17, 15) is 0 Å². The lowest BCUT2D eigenvalue weighted by Crippen LogP contribution is -1.90. The Labute approximate surface area is 104 Å². The van der Waals surface area contributed by atoms with Crippen LogP contribution in [0.4, 0.5) is 0 Å². The van der Waals surface area contributed by atoms with Gasteiger partial charge in [-0.3, -0.25) is 0 Å². The third-order valence-corrected chi connectivity index (χ3v) is 2.30. The topological polar surface area (TPSA) is 66.6 Å². The zero-order valence-corrected chi connectivity index (χ0v) is 10.5. The molecule has 0 atom stereocenters. The highest BCUT2D eigenvalue weighted by Crippen LogP contribution is 2.32. The molecule has 0 aliphatic heterocycles. The Balaban J connectivity index is 2.31. The second-order valence-electron chi connectivity index (χ2n) is 3.38. The molecule has 0 unspecified atom stereocenters. The predicted octanol–water partition coefficient (Wildman–Crippen LogP) is 2.15. The lowest BCUT2D eigenvalue weighted by atomic mass is 10.2. The molecule has 0 radical (unpaired) electrons. The van der Waals surface area contributed by atoms with E-state index < -0.39 is 0 Å². The summed E-state index contributed by atoms with van der Waals surface area (Å²) in [6, 6.07) is 5.35. The molecule has 1 aromatic heterocycles. The van der Waals surface area contributed by atoms with Gasteiger partial charge in [0.2, 0.25) is 0 Å². The van der Waals surface area contributed by atoms with Gasteiger partial charge in [-0.2, -0.15) is 0 Å². The van der Waals surface area contributed by atoms with E-state index in [0.717, 1.165) is 5.56 Å². The van der Waals surface area contributed by atoms with Crippen molar-refractivity contribution in [2.24, 2.45) is 0 Å². The van der Waals surface area contributed by atoms with Gasteiger partial charge in [0.1, 0.15) is 0 Å². The average molecular weight is 250 g/mol. The van der Waals surface area contributed by atoms with E-state index in [4.69, 9.17) is 18.6 Å². The molecule has 0 aliphatic carbocycles. The van der Waals surface area contributed by atoms with Crippen molar-refractivity contribution < 1.29 is 18.6 Å². The number of benzene rings is 1. The Kier molecular flexibility index (Phi) is 3.66. The van der Waals surface area contributed by atoms with Crippen molar-refractivity contribution in [1.82, 2.24) is 10.2 Å². The van der Waals surface area contributed by atoms with Crippen LogP contribution in [0.3, 0.4) is 0 Å². The minimum Gasteiger partial charge on any atom is -0.493 e. The van der Waals surface area contributed by atoms with Crippen LogP contribution in [0.5, 0.6) is 17.6 Å². The molecule has 6 nitrogen and oxygen atoms in total. The van der Waals surface area contributed by atoms with E-state index in [-0.39, 0.29) is 6.08 Å². The summed E-state index contributed by atoms with van der Waals surface area (Å²) >= 11 is 0. The highest BCUT2D eigenvalue weighted by molar-refractivity contribution is 5.59. The number of nitrogens with zero attached hydrogens (tertiary/aromatic N) is 2. The van der Waals surface area contributed by atoms with Gasteiger partial charge < -0.3 is 18.6 Å². The lowest BCUT2D eigenvalue weighted by Gasteiger charge is -2.07. The van der Waals surface area contributed by atoms with Gasteiger partial charge in [0.15, 0.2) is 11.5 Å².